The number of thiophene rings is 1. The Bertz CT molecular complexity index is 610. The van der Waals surface area contributed by atoms with Crippen molar-refractivity contribution >= 4 is 27.1 Å². The summed E-state index contributed by atoms with van der Waals surface area (Å²) >= 11 is 1.72. The van der Waals surface area contributed by atoms with Gasteiger partial charge in [-0.3, -0.25) is 4.98 Å². The summed E-state index contributed by atoms with van der Waals surface area (Å²) in [5.41, 5.74) is 7.53. The first-order chi connectivity index (χ1) is 7.84. The highest BCUT2D eigenvalue weighted by Crippen LogP contribution is 2.34. The molecular weight excluding hydrogens is 216 g/mol. The molecule has 3 heteroatoms. The summed E-state index contributed by atoms with van der Waals surface area (Å²) < 4.78 is 1.27. The van der Waals surface area contributed by atoms with Crippen molar-refractivity contribution in [2.24, 2.45) is 0 Å². The minimum Gasteiger partial charge on any atom is -0.397 e. The van der Waals surface area contributed by atoms with Crippen molar-refractivity contribution in [2.75, 3.05) is 5.73 Å². The molecule has 0 bridgehead atoms. The molecule has 0 aliphatic rings. The molecule has 2 heterocycles. The fraction of sp³-hybridized carbons (Fsp3) is 0. The van der Waals surface area contributed by atoms with E-state index in [0.29, 0.717) is 0 Å². The average molecular weight is 226 g/mol. The quantitative estimate of drug-likeness (QED) is 0.689. The molecule has 16 heavy (non-hydrogen) atoms. The van der Waals surface area contributed by atoms with Crippen LogP contribution in [0.15, 0.2) is 48.7 Å². The molecule has 2 aromatic heterocycles. The van der Waals surface area contributed by atoms with Crippen molar-refractivity contribution in [1.29, 1.82) is 0 Å². The maximum atomic E-state index is 5.92. The van der Waals surface area contributed by atoms with Gasteiger partial charge >= 0.3 is 0 Å². The van der Waals surface area contributed by atoms with Crippen LogP contribution in [0, 0.1) is 0 Å². The van der Waals surface area contributed by atoms with E-state index >= 15 is 0 Å². The highest BCUT2D eigenvalue weighted by atomic mass is 32.1. The first-order valence-electron chi connectivity index (χ1n) is 5.04. The van der Waals surface area contributed by atoms with Gasteiger partial charge < -0.3 is 5.73 Å². The molecule has 2 N–H and O–H groups in total. The Morgan fingerprint density at radius 1 is 1.06 bits per heavy atom. The zero-order valence-corrected chi connectivity index (χ0v) is 9.37. The predicted octanol–water partition coefficient (Wildman–Crippen LogP) is 3.55. The Kier molecular flexibility index (Phi) is 2.11. The van der Waals surface area contributed by atoms with E-state index in [1.807, 2.05) is 24.3 Å². The van der Waals surface area contributed by atoms with E-state index in [4.69, 9.17) is 5.73 Å². The minimum absolute atomic E-state index is 0.731. The highest BCUT2D eigenvalue weighted by Gasteiger charge is 2.07. The standard InChI is InChI=1S/C13H10N2S/c14-10-5-3-7-15-13(10)12-8-9-4-1-2-6-11(9)16-12/h1-8H,14H2. The van der Waals surface area contributed by atoms with Gasteiger partial charge in [0.25, 0.3) is 0 Å². The van der Waals surface area contributed by atoms with Gasteiger partial charge in [-0.05, 0) is 29.7 Å². The van der Waals surface area contributed by atoms with Crippen LogP contribution in [0.2, 0.25) is 0 Å². The van der Waals surface area contributed by atoms with Crippen LogP contribution >= 0.6 is 11.3 Å². The fourth-order valence-corrected chi connectivity index (χ4v) is 2.80. The second-order valence-corrected chi connectivity index (χ2v) is 4.67. The predicted molar refractivity (Wildman–Crippen MR) is 69.5 cm³/mol. The molecule has 0 unspecified atom stereocenters. The number of nitrogens with zero attached hydrogens (tertiary/aromatic N) is 1. The molecular formula is C13H10N2S. The van der Waals surface area contributed by atoms with Gasteiger partial charge in [-0.1, -0.05) is 18.2 Å². The third-order valence-electron chi connectivity index (χ3n) is 2.50. The molecule has 0 saturated heterocycles. The zero-order valence-electron chi connectivity index (χ0n) is 8.55. The monoisotopic (exact) mass is 226 g/mol. The number of nitrogen functional groups attached to an aromatic ring is 1. The number of fused-ring (bicyclic) bond motifs is 1. The van der Waals surface area contributed by atoms with Gasteiger partial charge in [-0.25, -0.2) is 0 Å². The molecule has 0 fully saturated rings. The fourth-order valence-electron chi connectivity index (χ4n) is 1.72. The number of anilines is 1. The van der Waals surface area contributed by atoms with Crippen molar-refractivity contribution < 1.29 is 0 Å². The number of benzene rings is 1. The SMILES string of the molecule is Nc1cccnc1-c1cc2ccccc2s1. The molecule has 0 saturated carbocycles. The Morgan fingerprint density at radius 2 is 1.94 bits per heavy atom. The van der Waals surface area contributed by atoms with E-state index in [9.17, 15) is 0 Å². The van der Waals surface area contributed by atoms with Crippen molar-refractivity contribution in [3.63, 3.8) is 0 Å². The van der Waals surface area contributed by atoms with Gasteiger partial charge in [0.2, 0.25) is 0 Å². The van der Waals surface area contributed by atoms with Gasteiger partial charge in [0, 0.05) is 10.9 Å². The first kappa shape index (κ1) is 9.36. The van der Waals surface area contributed by atoms with Gasteiger partial charge in [0.15, 0.2) is 0 Å². The number of rotatable bonds is 1. The Morgan fingerprint density at radius 3 is 2.75 bits per heavy atom. The molecule has 1 aromatic carbocycles. The molecule has 2 nitrogen and oxygen atoms in total. The lowest BCUT2D eigenvalue weighted by atomic mass is 10.2. The number of aromatic nitrogens is 1. The maximum absolute atomic E-state index is 5.92. The summed E-state index contributed by atoms with van der Waals surface area (Å²) in [6.07, 6.45) is 1.77. The molecule has 0 aliphatic heterocycles. The highest BCUT2D eigenvalue weighted by molar-refractivity contribution is 7.22. The first-order valence-corrected chi connectivity index (χ1v) is 5.86. The van der Waals surface area contributed by atoms with E-state index in [-0.39, 0.29) is 0 Å². The van der Waals surface area contributed by atoms with Gasteiger partial charge in [0.1, 0.15) is 5.69 Å². The third-order valence-corrected chi connectivity index (χ3v) is 3.62. The van der Waals surface area contributed by atoms with E-state index < -0.39 is 0 Å². The molecule has 0 radical (unpaired) electrons. The van der Waals surface area contributed by atoms with Crippen LogP contribution in [0.1, 0.15) is 0 Å². The van der Waals surface area contributed by atoms with E-state index in [0.717, 1.165) is 16.3 Å². The number of pyridine rings is 1. The molecule has 78 valence electrons. The van der Waals surface area contributed by atoms with E-state index in [1.165, 1.54) is 10.1 Å². The summed E-state index contributed by atoms with van der Waals surface area (Å²) in [7, 11) is 0. The van der Waals surface area contributed by atoms with Crippen LogP contribution in [-0.4, -0.2) is 4.98 Å². The second kappa shape index (κ2) is 3.61. The summed E-state index contributed by atoms with van der Waals surface area (Å²) in [5, 5.41) is 1.24. The van der Waals surface area contributed by atoms with Gasteiger partial charge in [0.05, 0.1) is 10.6 Å². The van der Waals surface area contributed by atoms with Crippen LogP contribution in [0.25, 0.3) is 20.7 Å². The molecule has 0 spiro atoms. The smallest absolute Gasteiger partial charge is 0.103 e. The third kappa shape index (κ3) is 1.46. The van der Waals surface area contributed by atoms with Crippen LogP contribution in [0.3, 0.4) is 0 Å². The lowest BCUT2D eigenvalue weighted by Crippen LogP contribution is -1.90. The van der Waals surface area contributed by atoms with Crippen LogP contribution in [0.4, 0.5) is 5.69 Å². The van der Waals surface area contributed by atoms with Crippen molar-refractivity contribution in [1.82, 2.24) is 4.98 Å². The van der Waals surface area contributed by atoms with Crippen LogP contribution in [0.5, 0.6) is 0 Å². The molecule has 0 aliphatic carbocycles. The normalized spacial score (nSPS) is 10.8. The van der Waals surface area contributed by atoms with E-state index in [1.54, 1.807) is 17.5 Å². The minimum atomic E-state index is 0.731. The van der Waals surface area contributed by atoms with E-state index in [2.05, 4.69) is 23.2 Å². The number of hydrogen-bond donors (Lipinski definition) is 1. The van der Waals surface area contributed by atoms with Crippen molar-refractivity contribution in [2.45, 2.75) is 0 Å². The number of hydrogen-bond acceptors (Lipinski definition) is 3. The summed E-state index contributed by atoms with van der Waals surface area (Å²) in [5.74, 6) is 0. The maximum Gasteiger partial charge on any atom is 0.103 e. The largest absolute Gasteiger partial charge is 0.397 e. The molecule has 3 rings (SSSR count). The lowest BCUT2D eigenvalue weighted by Gasteiger charge is -1.99. The van der Waals surface area contributed by atoms with Gasteiger partial charge in [-0.15, -0.1) is 11.3 Å². The summed E-state index contributed by atoms with van der Waals surface area (Å²) in [6, 6.07) is 14.2. The Balaban J connectivity index is 2.23. The topological polar surface area (TPSA) is 38.9 Å². The molecule has 3 aromatic rings. The molecule has 0 amide bonds. The van der Waals surface area contributed by atoms with Gasteiger partial charge in [-0.2, -0.15) is 0 Å². The zero-order chi connectivity index (χ0) is 11.0. The Labute approximate surface area is 97.4 Å². The van der Waals surface area contributed by atoms with Crippen LogP contribution < -0.4 is 5.73 Å². The number of nitrogens with two attached hydrogens (primary N) is 1. The lowest BCUT2D eigenvalue weighted by molar-refractivity contribution is 1.34. The second-order valence-electron chi connectivity index (χ2n) is 3.59. The summed E-state index contributed by atoms with van der Waals surface area (Å²) in [6.45, 7) is 0. The summed E-state index contributed by atoms with van der Waals surface area (Å²) in [4.78, 5) is 5.45. The molecule has 0 atom stereocenters. The van der Waals surface area contributed by atoms with Crippen LogP contribution in [-0.2, 0) is 0 Å². The van der Waals surface area contributed by atoms with Crippen molar-refractivity contribution in [3.8, 4) is 10.6 Å². The average Bonchev–Trinajstić information content (AvgIpc) is 2.73. The Hall–Kier alpha value is -1.87. The van der Waals surface area contributed by atoms with Crippen molar-refractivity contribution in [3.05, 3.63) is 48.7 Å².